The van der Waals surface area contributed by atoms with Crippen LogP contribution < -0.4 is 0 Å². The molecule has 9 heteroatoms. The van der Waals surface area contributed by atoms with Crippen LogP contribution in [0.2, 0.25) is 0 Å². The highest BCUT2D eigenvalue weighted by molar-refractivity contribution is 7.99. The molecule has 0 saturated heterocycles. The molecule has 4 aromatic rings. The Morgan fingerprint density at radius 2 is 2.00 bits per heavy atom. The SMILES string of the molecule is Cn1c(SC/C(O)=C(\C#N)c2nc3ccccc3[nH]2)nnc1-c1ccncc1. The number of allylic oxidation sites excluding steroid dienone is 1. The Morgan fingerprint density at radius 1 is 1.21 bits per heavy atom. The number of aliphatic hydroxyl groups is 1. The Hall–Kier alpha value is -3.64. The lowest BCUT2D eigenvalue weighted by Crippen LogP contribution is -1.98. The van der Waals surface area contributed by atoms with Crippen molar-refractivity contribution < 1.29 is 5.11 Å². The zero-order valence-corrected chi connectivity index (χ0v) is 15.7. The van der Waals surface area contributed by atoms with Gasteiger partial charge in [0.15, 0.2) is 16.8 Å². The fraction of sp³-hybridized carbons (Fsp3) is 0.105. The first-order chi connectivity index (χ1) is 13.7. The lowest BCUT2D eigenvalue weighted by atomic mass is 10.2. The quantitative estimate of drug-likeness (QED) is 0.305. The molecule has 0 radical (unpaired) electrons. The predicted octanol–water partition coefficient (Wildman–Crippen LogP) is 3.34. The molecule has 0 atom stereocenters. The number of para-hydroxylation sites is 2. The number of nitrogens with zero attached hydrogens (tertiary/aromatic N) is 6. The molecule has 0 unspecified atom stereocenters. The van der Waals surface area contributed by atoms with E-state index in [2.05, 4.69) is 25.1 Å². The third-order valence-electron chi connectivity index (χ3n) is 4.14. The molecule has 3 heterocycles. The minimum Gasteiger partial charge on any atom is -0.510 e. The Labute approximate surface area is 164 Å². The highest BCUT2D eigenvalue weighted by atomic mass is 32.2. The summed E-state index contributed by atoms with van der Waals surface area (Å²) in [5.41, 5.74) is 2.55. The van der Waals surface area contributed by atoms with E-state index in [9.17, 15) is 10.4 Å². The van der Waals surface area contributed by atoms with Gasteiger partial charge in [0.25, 0.3) is 0 Å². The molecule has 0 amide bonds. The summed E-state index contributed by atoms with van der Waals surface area (Å²) in [6.45, 7) is 0. The second kappa shape index (κ2) is 7.54. The molecule has 0 aliphatic heterocycles. The summed E-state index contributed by atoms with van der Waals surface area (Å²) in [5, 5.41) is 29.0. The monoisotopic (exact) mass is 389 g/mol. The Balaban J connectivity index is 1.57. The Kier molecular flexibility index (Phi) is 4.78. The van der Waals surface area contributed by atoms with Gasteiger partial charge in [-0.1, -0.05) is 23.9 Å². The number of benzene rings is 1. The molecule has 28 heavy (non-hydrogen) atoms. The van der Waals surface area contributed by atoms with Gasteiger partial charge in [0.2, 0.25) is 0 Å². The van der Waals surface area contributed by atoms with Gasteiger partial charge in [0.05, 0.1) is 16.8 Å². The second-order valence-electron chi connectivity index (χ2n) is 5.93. The van der Waals surface area contributed by atoms with Gasteiger partial charge in [-0.05, 0) is 24.3 Å². The fourth-order valence-electron chi connectivity index (χ4n) is 2.72. The van der Waals surface area contributed by atoms with Crippen molar-refractivity contribution in [3.63, 3.8) is 0 Å². The molecule has 1 aromatic carbocycles. The summed E-state index contributed by atoms with van der Waals surface area (Å²) in [6.07, 6.45) is 3.38. The molecule has 0 spiro atoms. The average molecular weight is 389 g/mol. The number of thioether (sulfide) groups is 1. The van der Waals surface area contributed by atoms with Crippen LogP contribution >= 0.6 is 11.8 Å². The maximum Gasteiger partial charge on any atom is 0.191 e. The van der Waals surface area contributed by atoms with E-state index in [0.717, 1.165) is 16.6 Å². The zero-order valence-electron chi connectivity index (χ0n) is 14.9. The highest BCUT2D eigenvalue weighted by Gasteiger charge is 2.16. The van der Waals surface area contributed by atoms with Gasteiger partial charge in [-0.15, -0.1) is 10.2 Å². The molecular weight excluding hydrogens is 374 g/mol. The van der Waals surface area contributed by atoms with E-state index in [1.165, 1.54) is 11.8 Å². The van der Waals surface area contributed by atoms with Gasteiger partial charge in [-0.3, -0.25) is 4.98 Å². The van der Waals surface area contributed by atoms with Crippen molar-refractivity contribution in [1.29, 1.82) is 5.26 Å². The molecular formula is C19H15N7OS. The number of aromatic amines is 1. The number of nitriles is 1. The topological polar surface area (TPSA) is 116 Å². The summed E-state index contributed by atoms with van der Waals surface area (Å²) < 4.78 is 1.83. The number of H-pyrrole nitrogens is 1. The summed E-state index contributed by atoms with van der Waals surface area (Å²) in [4.78, 5) is 11.4. The third kappa shape index (κ3) is 3.33. The number of rotatable bonds is 5. The first kappa shape index (κ1) is 17.8. The summed E-state index contributed by atoms with van der Waals surface area (Å²) in [6, 6.07) is 13.2. The number of nitrogens with one attached hydrogen (secondary N) is 1. The van der Waals surface area contributed by atoms with Crippen molar-refractivity contribution >= 4 is 28.4 Å². The number of pyridine rings is 1. The first-order valence-corrected chi connectivity index (χ1v) is 9.36. The van der Waals surface area contributed by atoms with E-state index >= 15 is 0 Å². The van der Waals surface area contributed by atoms with Crippen molar-refractivity contribution in [3.05, 3.63) is 60.4 Å². The summed E-state index contributed by atoms with van der Waals surface area (Å²) in [7, 11) is 1.85. The lowest BCUT2D eigenvalue weighted by molar-refractivity contribution is 0.420. The molecule has 138 valence electrons. The van der Waals surface area contributed by atoms with Gasteiger partial charge in [0, 0.05) is 25.0 Å². The second-order valence-corrected chi connectivity index (χ2v) is 6.87. The van der Waals surface area contributed by atoms with Crippen LogP contribution in [-0.4, -0.2) is 40.6 Å². The fourth-order valence-corrected chi connectivity index (χ4v) is 3.51. The van der Waals surface area contributed by atoms with E-state index < -0.39 is 0 Å². The standard InChI is InChI=1S/C19H15N7OS/c1-26-18(12-6-8-21-9-7-12)24-25-19(26)28-11-16(27)13(10-20)17-22-14-4-2-3-5-15(14)23-17/h2-9,27H,11H2,1H3,(H,22,23)/b16-13-. The molecule has 4 rings (SSSR count). The summed E-state index contributed by atoms with van der Waals surface area (Å²) in [5.74, 6) is 1.14. The van der Waals surface area contributed by atoms with E-state index in [4.69, 9.17) is 0 Å². The van der Waals surface area contributed by atoms with Crippen LogP contribution in [0.15, 0.2) is 59.7 Å². The predicted molar refractivity (Wildman–Crippen MR) is 106 cm³/mol. The van der Waals surface area contributed by atoms with Crippen molar-refractivity contribution in [2.45, 2.75) is 5.16 Å². The van der Waals surface area contributed by atoms with Gasteiger partial charge >= 0.3 is 0 Å². The minimum atomic E-state index is -0.0694. The van der Waals surface area contributed by atoms with Crippen molar-refractivity contribution in [2.75, 3.05) is 5.75 Å². The van der Waals surface area contributed by atoms with Crippen LogP contribution in [0.4, 0.5) is 0 Å². The van der Waals surface area contributed by atoms with Crippen molar-refractivity contribution in [2.24, 2.45) is 7.05 Å². The van der Waals surface area contributed by atoms with E-state index in [1.807, 2.05) is 54.1 Å². The van der Waals surface area contributed by atoms with E-state index in [-0.39, 0.29) is 17.1 Å². The molecule has 0 bridgehead atoms. The molecule has 0 saturated carbocycles. The molecule has 0 aliphatic carbocycles. The van der Waals surface area contributed by atoms with Crippen LogP contribution in [0.5, 0.6) is 0 Å². The lowest BCUT2D eigenvalue weighted by Gasteiger charge is -2.04. The maximum absolute atomic E-state index is 10.5. The van der Waals surface area contributed by atoms with Gasteiger partial charge in [-0.2, -0.15) is 5.26 Å². The Bertz CT molecular complexity index is 1170. The van der Waals surface area contributed by atoms with Crippen molar-refractivity contribution in [3.8, 4) is 17.5 Å². The van der Waals surface area contributed by atoms with Gasteiger partial charge < -0.3 is 14.7 Å². The van der Waals surface area contributed by atoms with Crippen molar-refractivity contribution in [1.82, 2.24) is 29.7 Å². The average Bonchev–Trinajstić information content (AvgIpc) is 3.31. The van der Waals surface area contributed by atoms with Crippen LogP contribution in [-0.2, 0) is 7.05 Å². The third-order valence-corrected chi connectivity index (χ3v) is 5.17. The number of fused-ring (bicyclic) bond motifs is 1. The molecule has 3 aromatic heterocycles. The van der Waals surface area contributed by atoms with Crippen LogP contribution in [0, 0.1) is 11.3 Å². The molecule has 2 N–H and O–H groups in total. The maximum atomic E-state index is 10.5. The van der Waals surface area contributed by atoms with Crippen LogP contribution in [0.1, 0.15) is 5.82 Å². The van der Waals surface area contributed by atoms with Crippen LogP contribution in [0.3, 0.4) is 0 Å². The van der Waals surface area contributed by atoms with Crippen LogP contribution in [0.25, 0.3) is 28.0 Å². The minimum absolute atomic E-state index is 0.0694. The zero-order chi connectivity index (χ0) is 19.5. The first-order valence-electron chi connectivity index (χ1n) is 8.37. The van der Waals surface area contributed by atoms with Gasteiger partial charge in [-0.25, -0.2) is 4.98 Å². The molecule has 8 nitrogen and oxygen atoms in total. The summed E-state index contributed by atoms with van der Waals surface area (Å²) >= 11 is 1.29. The number of hydrogen-bond acceptors (Lipinski definition) is 7. The van der Waals surface area contributed by atoms with E-state index in [0.29, 0.717) is 16.8 Å². The molecule has 0 aliphatic rings. The smallest absolute Gasteiger partial charge is 0.191 e. The molecule has 0 fully saturated rings. The number of hydrogen-bond donors (Lipinski definition) is 2. The largest absolute Gasteiger partial charge is 0.510 e. The Morgan fingerprint density at radius 3 is 2.75 bits per heavy atom. The number of aromatic nitrogens is 6. The number of imidazole rings is 1. The normalized spacial score (nSPS) is 12.0. The van der Waals surface area contributed by atoms with Gasteiger partial charge in [0.1, 0.15) is 17.4 Å². The van der Waals surface area contributed by atoms with E-state index in [1.54, 1.807) is 12.4 Å². The highest BCUT2D eigenvalue weighted by Crippen LogP contribution is 2.26. The number of aliphatic hydroxyl groups excluding tert-OH is 1.